The van der Waals surface area contributed by atoms with Crippen LogP contribution in [0.15, 0.2) is 40.4 Å². The summed E-state index contributed by atoms with van der Waals surface area (Å²) in [6, 6.07) is 5.78. The molecular weight excluding hydrogens is 480 g/mol. The van der Waals surface area contributed by atoms with Crippen molar-refractivity contribution in [3.05, 3.63) is 30.6 Å². The van der Waals surface area contributed by atoms with Crippen molar-refractivity contribution in [1.82, 2.24) is 19.3 Å². The van der Waals surface area contributed by atoms with Gasteiger partial charge in [0.1, 0.15) is 0 Å². The fraction of sp³-hybridized carbons (Fsp3) is 0.476. The van der Waals surface area contributed by atoms with Crippen LogP contribution in [0.25, 0.3) is 10.2 Å². The molecule has 2 aliphatic rings. The first kappa shape index (κ1) is 22.8. The molecule has 1 saturated heterocycles. The summed E-state index contributed by atoms with van der Waals surface area (Å²) in [5, 5.41) is 7.77. The summed E-state index contributed by atoms with van der Waals surface area (Å²) < 4.78 is 33.6. The van der Waals surface area contributed by atoms with Gasteiger partial charge in [-0.1, -0.05) is 11.3 Å². The molecule has 0 radical (unpaired) electrons. The van der Waals surface area contributed by atoms with Gasteiger partial charge in [0.15, 0.2) is 5.13 Å². The van der Waals surface area contributed by atoms with E-state index in [1.54, 1.807) is 30.0 Å². The zero-order chi connectivity index (χ0) is 22.8. The minimum absolute atomic E-state index is 0.296. The van der Waals surface area contributed by atoms with E-state index >= 15 is 0 Å². The Morgan fingerprint density at radius 2 is 1.85 bits per heavy atom. The monoisotopic (exact) mass is 506 g/mol. The third-order valence-electron chi connectivity index (χ3n) is 5.93. The lowest BCUT2D eigenvalue weighted by molar-refractivity contribution is 0.0730. The number of hydrogen-bond donors (Lipinski definition) is 2. The van der Waals surface area contributed by atoms with Gasteiger partial charge in [0.05, 0.1) is 28.3 Å². The lowest BCUT2D eigenvalue weighted by Crippen LogP contribution is -2.40. The van der Waals surface area contributed by atoms with E-state index in [1.807, 2.05) is 18.6 Å². The average molecular weight is 507 g/mol. The van der Waals surface area contributed by atoms with E-state index in [-0.39, 0.29) is 0 Å². The molecule has 12 heteroatoms. The number of nitrogens with zero attached hydrogens (tertiary/aromatic N) is 4. The third-order valence-corrected chi connectivity index (χ3v) is 9.45. The number of benzene rings is 1. The van der Waals surface area contributed by atoms with Crippen molar-refractivity contribution in [3.63, 3.8) is 0 Å². The summed E-state index contributed by atoms with van der Waals surface area (Å²) in [5.41, 5.74) is 0.804. The quantitative estimate of drug-likeness (QED) is 0.467. The number of anilines is 2. The van der Waals surface area contributed by atoms with Crippen molar-refractivity contribution in [1.29, 1.82) is 0 Å². The molecule has 0 spiro atoms. The smallest absolute Gasteiger partial charge is 0.243 e. The Bertz CT molecular complexity index is 1210. The van der Waals surface area contributed by atoms with Crippen LogP contribution in [0, 0.1) is 0 Å². The fourth-order valence-electron chi connectivity index (χ4n) is 4.16. The van der Waals surface area contributed by atoms with E-state index in [0.717, 1.165) is 39.5 Å². The maximum absolute atomic E-state index is 13.0. The highest BCUT2D eigenvalue weighted by molar-refractivity contribution is 7.98. The number of morpholine rings is 1. The number of sulfonamides is 1. The summed E-state index contributed by atoms with van der Waals surface area (Å²) in [6.07, 6.45) is 8.66. The SMILES string of the molecule is CSc1cnc(N[C@H]2CC[C@H](Nc3nc4ccc(S(=O)(=O)N5CCOCC5)cc4s3)C2)nc1. The number of fused-ring (bicyclic) bond motifs is 1. The molecule has 176 valence electrons. The molecule has 2 aromatic heterocycles. The van der Waals surface area contributed by atoms with Gasteiger partial charge in [-0.2, -0.15) is 4.31 Å². The van der Waals surface area contributed by atoms with E-state index in [1.165, 1.54) is 15.6 Å². The fourth-order valence-corrected chi connectivity index (χ4v) is 6.97. The highest BCUT2D eigenvalue weighted by Crippen LogP contribution is 2.32. The first-order chi connectivity index (χ1) is 16.0. The summed E-state index contributed by atoms with van der Waals surface area (Å²) in [5.74, 6) is 0.660. The van der Waals surface area contributed by atoms with Gasteiger partial charge in [-0.3, -0.25) is 0 Å². The predicted octanol–water partition coefficient (Wildman–Crippen LogP) is 3.27. The van der Waals surface area contributed by atoms with Crippen molar-refractivity contribution < 1.29 is 13.2 Å². The molecule has 2 atom stereocenters. The van der Waals surface area contributed by atoms with Crippen LogP contribution in [-0.4, -0.2) is 72.3 Å². The van der Waals surface area contributed by atoms with Gasteiger partial charge in [-0.25, -0.2) is 23.4 Å². The molecule has 3 heterocycles. The Balaban J connectivity index is 1.23. The normalized spacial score (nSPS) is 22.0. The summed E-state index contributed by atoms with van der Waals surface area (Å²) in [7, 11) is -3.52. The second-order valence-corrected chi connectivity index (χ2v) is 12.0. The Morgan fingerprint density at radius 3 is 2.58 bits per heavy atom. The number of aromatic nitrogens is 3. The Hall–Kier alpha value is -1.99. The van der Waals surface area contributed by atoms with Crippen molar-refractivity contribution in [2.24, 2.45) is 0 Å². The van der Waals surface area contributed by atoms with Crippen LogP contribution < -0.4 is 10.6 Å². The largest absolute Gasteiger partial charge is 0.379 e. The summed E-state index contributed by atoms with van der Waals surface area (Å²) >= 11 is 3.12. The van der Waals surface area contributed by atoms with Crippen LogP contribution in [0.2, 0.25) is 0 Å². The van der Waals surface area contributed by atoms with Crippen molar-refractivity contribution in [3.8, 4) is 0 Å². The van der Waals surface area contributed by atoms with E-state index in [9.17, 15) is 8.42 Å². The van der Waals surface area contributed by atoms with E-state index in [2.05, 4.69) is 25.6 Å². The topological polar surface area (TPSA) is 109 Å². The van der Waals surface area contributed by atoms with Gasteiger partial charge in [0.2, 0.25) is 16.0 Å². The van der Waals surface area contributed by atoms with E-state index in [4.69, 9.17) is 4.74 Å². The maximum Gasteiger partial charge on any atom is 0.243 e. The number of nitrogens with one attached hydrogen (secondary N) is 2. The highest BCUT2D eigenvalue weighted by Gasteiger charge is 2.28. The first-order valence-electron chi connectivity index (χ1n) is 10.9. The lowest BCUT2D eigenvalue weighted by Gasteiger charge is -2.25. The third kappa shape index (κ3) is 5.09. The first-order valence-corrected chi connectivity index (χ1v) is 14.4. The molecule has 1 aromatic carbocycles. The van der Waals surface area contributed by atoms with Crippen LogP contribution in [-0.2, 0) is 14.8 Å². The molecule has 1 saturated carbocycles. The summed E-state index contributed by atoms with van der Waals surface area (Å²) in [6.45, 7) is 1.64. The average Bonchev–Trinajstić information content (AvgIpc) is 3.45. The van der Waals surface area contributed by atoms with Gasteiger partial charge in [0.25, 0.3) is 0 Å². The van der Waals surface area contributed by atoms with Crippen LogP contribution >= 0.6 is 23.1 Å². The molecule has 0 bridgehead atoms. The zero-order valence-electron chi connectivity index (χ0n) is 18.2. The van der Waals surface area contributed by atoms with Gasteiger partial charge in [-0.05, 0) is 43.7 Å². The zero-order valence-corrected chi connectivity index (χ0v) is 20.7. The van der Waals surface area contributed by atoms with Crippen LogP contribution in [0.1, 0.15) is 19.3 Å². The van der Waals surface area contributed by atoms with Crippen molar-refractivity contribution >= 4 is 54.4 Å². The van der Waals surface area contributed by atoms with E-state index in [0.29, 0.717) is 49.2 Å². The molecule has 9 nitrogen and oxygen atoms in total. The van der Waals surface area contributed by atoms with E-state index < -0.39 is 10.0 Å². The van der Waals surface area contributed by atoms with Crippen LogP contribution in [0.4, 0.5) is 11.1 Å². The number of hydrogen-bond acceptors (Lipinski definition) is 10. The molecule has 5 rings (SSSR count). The maximum atomic E-state index is 13.0. The summed E-state index contributed by atoms with van der Waals surface area (Å²) in [4.78, 5) is 14.8. The predicted molar refractivity (Wildman–Crippen MR) is 132 cm³/mol. The minimum Gasteiger partial charge on any atom is -0.379 e. The second-order valence-electron chi connectivity index (χ2n) is 8.11. The van der Waals surface area contributed by atoms with Crippen molar-refractivity contribution in [2.75, 3.05) is 43.2 Å². The molecule has 1 aliphatic heterocycles. The molecule has 0 amide bonds. The number of thiazole rings is 1. The molecule has 3 aromatic rings. The standard InChI is InChI=1S/C21H26N6O3S3/c1-31-16-12-22-20(23-13-16)24-14-2-3-15(10-14)25-21-26-18-5-4-17(11-19(18)32-21)33(28,29)27-6-8-30-9-7-27/h4-5,11-15H,2-3,6-10H2,1H3,(H,25,26)(H,22,23,24)/t14-,15-/m0/s1. The molecular formula is C21H26N6O3S3. The van der Waals surface area contributed by atoms with Crippen molar-refractivity contribution in [2.45, 2.75) is 41.1 Å². The molecule has 33 heavy (non-hydrogen) atoms. The lowest BCUT2D eigenvalue weighted by atomic mass is 10.2. The Kier molecular flexibility index (Phi) is 6.70. The number of ether oxygens (including phenoxy) is 1. The van der Waals surface area contributed by atoms with Gasteiger partial charge in [0, 0.05) is 42.5 Å². The molecule has 0 unspecified atom stereocenters. The molecule has 2 fully saturated rings. The van der Waals surface area contributed by atoms with Gasteiger partial charge < -0.3 is 15.4 Å². The second kappa shape index (κ2) is 9.71. The van der Waals surface area contributed by atoms with Crippen LogP contribution in [0.3, 0.4) is 0 Å². The van der Waals surface area contributed by atoms with Gasteiger partial charge in [-0.15, -0.1) is 11.8 Å². The Labute approximate surface area is 201 Å². The molecule has 1 aliphatic carbocycles. The minimum atomic E-state index is -3.52. The Morgan fingerprint density at radius 1 is 1.12 bits per heavy atom. The molecule has 2 N–H and O–H groups in total. The van der Waals surface area contributed by atoms with Gasteiger partial charge >= 0.3 is 0 Å². The van der Waals surface area contributed by atoms with Crippen LogP contribution in [0.5, 0.6) is 0 Å². The highest BCUT2D eigenvalue weighted by atomic mass is 32.2. The number of thioether (sulfide) groups is 1. The number of rotatable bonds is 7.